The molecule has 2 fully saturated rings. The average Bonchev–Trinajstić information content (AvgIpc) is 2.65. The van der Waals surface area contributed by atoms with E-state index in [0.717, 1.165) is 31.0 Å². The molecule has 1 aliphatic heterocycles. The molecule has 2 nitrogen and oxygen atoms in total. The smallest absolute Gasteiger partial charge is 0.0469 e. The summed E-state index contributed by atoms with van der Waals surface area (Å²) in [5, 5.41) is 0. The number of hydrogen-bond donors (Lipinski definition) is 1. The number of ether oxygens (including phenoxy) is 1. The second-order valence-corrected chi connectivity index (χ2v) is 5.21. The maximum atomic E-state index is 6.36. The molecule has 1 aliphatic carbocycles. The Morgan fingerprint density at radius 2 is 1.79 bits per heavy atom. The highest BCUT2D eigenvalue weighted by Crippen LogP contribution is 2.36. The van der Waals surface area contributed by atoms with Crippen LogP contribution in [0.25, 0.3) is 0 Å². The molecule has 0 aromatic rings. The molecule has 14 heavy (non-hydrogen) atoms. The van der Waals surface area contributed by atoms with Gasteiger partial charge in [-0.05, 0) is 43.4 Å². The molecule has 2 rings (SSSR count). The summed E-state index contributed by atoms with van der Waals surface area (Å²) >= 11 is 0. The van der Waals surface area contributed by atoms with Crippen LogP contribution in [-0.2, 0) is 4.74 Å². The van der Waals surface area contributed by atoms with Crippen molar-refractivity contribution in [3.63, 3.8) is 0 Å². The number of rotatable bonds is 2. The van der Waals surface area contributed by atoms with Crippen molar-refractivity contribution in [2.45, 2.75) is 45.1 Å². The van der Waals surface area contributed by atoms with Crippen molar-refractivity contribution >= 4 is 0 Å². The zero-order chi connectivity index (χ0) is 9.97. The van der Waals surface area contributed by atoms with Gasteiger partial charge in [-0.25, -0.2) is 0 Å². The highest BCUT2D eigenvalue weighted by Gasteiger charge is 2.32. The molecule has 1 saturated carbocycles. The van der Waals surface area contributed by atoms with Crippen LogP contribution >= 0.6 is 0 Å². The highest BCUT2D eigenvalue weighted by molar-refractivity contribution is 4.86. The van der Waals surface area contributed by atoms with E-state index in [-0.39, 0.29) is 0 Å². The Kier molecular flexibility index (Phi) is 3.45. The van der Waals surface area contributed by atoms with Gasteiger partial charge in [0, 0.05) is 19.3 Å². The van der Waals surface area contributed by atoms with Crippen molar-refractivity contribution in [3.05, 3.63) is 0 Å². The molecular weight excluding hydrogens is 174 g/mol. The minimum atomic E-state index is 0.448. The van der Waals surface area contributed by atoms with Gasteiger partial charge in [0.2, 0.25) is 0 Å². The number of hydrogen-bond acceptors (Lipinski definition) is 2. The minimum Gasteiger partial charge on any atom is -0.381 e. The van der Waals surface area contributed by atoms with E-state index in [2.05, 4.69) is 6.92 Å². The Hall–Kier alpha value is -0.0800. The molecule has 2 heteroatoms. The second kappa shape index (κ2) is 4.63. The fraction of sp³-hybridized carbons (Fsp3) is 1.00. The van der Waals surface area contributed by atoms with E-state index in [4.69, 9.17) is 10.5 Å². The molecule has 0 aromatic carbocycles. The van der Waals surface area contributed by atoms with E-state index < -0.39 is 0 Å². The Morgan fingerprint density at radius 1 is 1.07 bits per heavy atom. The first-order valence-electron chi connectivity index (χ1n) is 6.10. The third kappa shape index (κ3) is 2.29. The quantitative estimate of drug-likeness (QED) is 0.736. The number of nitrogens with two attached hydrogens (primary N) is 1. The van der Waals surface area contributed by atoms with E-state index in [9.17, 15) is 0 Å². The molecule has 0 radical (unpaired) electrons. The summed E-state index contributed by atoms with van der Waals surface area (Å²) < 4.78 is 5.38. The van der Waals surface area contributed by atoms with E-state index in [1.54, 1.807) is 0 Å². The van der Waals surface area contributed by atoms with Gasteiger partial charge in [-0.1, -0.05) is 13.3 Å². The summed E-state index contributed by atoms with van der Waals surface area (Å²) in [7, 11) is 0. The predicted octanol–water partition coefficient (Wildman–Crippen LogP) is 2.18. The molecule has 0 bridgehead atoms. The van der Waals surface area contributed by atoms with Crippen LogP contribution < -0.4 is 5.73 Å². The summed E-state index contributed by atoms with van der Waals surface area (Å²) in [6.45, 7) is 4.22. The molecule has 2 aliphatic rings. The topological polar surface area (TPSA) is 35.2 Å². The fourth-order valence-electron chi connectivity index (χ4n) is 3.09. The van der Waals surface area contributed by atoms with E-state index in [1.165, 1.54) is 32.1 Å². The van der Waals surface area contributed by atoms with Crippen molar-refractivity contribution in [1.82, 2.24) is 0 Å². The van der Waals surface area contributed by atoms with Crippen molar-refractivity contribution < 1.29 is 4.74 Å². The standard InChI is InChI=1S/C12H23NO/c1-9-2-3-11(8-9)12(13)10-4-6-14-7-5-10/h9-12H,2-8,13H2,1H3. The maximum absolute atomic E-state index is 6.36. The first-order chi connectivity index (χ1) is 6.77. The van der Waals surface area contributed by atoms with Crippen LogP contribution in [0.15, 0.2) is 0 Å². The molecule has 2 N–H and O–H groups in total. The van der Waals surface area contributed by atoms with Crippen LogP contribution in [0.5, 0.6) is 0 Å². The lowest BCUT2D eigenvalue weighted by atomic mass is 9.83. The lowest BCUT2D eigenvalue weighted by Crippen LogP contribution is -2.39. The van der Waals surface area contributed by atoms with Crippen LogP contribution in [0.4, 0.5) is 0 Å². The molecule has 0 aromatic heterocycles. The van der Waals surface area contributed by atoms with E-state index in [1.807, 2.05) is 0 Å². The molecule has 82 valence electrons. The van der Waals surface area contributed by atoms with Crippen LogP contribution in [0.3, 0.4) is 0 Å². The van der Waals surface area contributed by atoms with Gasteiger partial charge in [0.1, 0.15) is 0 Å². The van der Waals surface area contributed by atoms with Gasteiger partial charge in [0.25, 0.3) is 0 Å². The predicted molar refractivity (Wildman–Crippen MR) is 58.0 cm³/mol. The summed E-state index contributed by atoms with van der Waals surface area (Å²) in [4.78, 5) is 0. The zero-order valence-corrected chi connectivity index (χ0v) is 9.24. The van der Waals surface area contributed by atoms with Crippen molar-refractivity contribution in [2.24, 2.45) is 23.5 Å². The van der Waals surface area contributed by atoms with Crippen molar-refractivity contribution in [3.8, 4) is 0 Å². The van der Waals surface area contributed by atoms with Crippen molar-refractivity contribution in [1.29, 1.82) is 0 Å². The molecule has 0 amide bonds. The minimum absolute atomic E-state index is 0.448. The Bertz CT molecular complexity index is 172. The van der Waals surface area contributed by atoms with Gasteiger partial charge in [-0.3, -0.25) is 0 Å². The van der Waals surface area contributed by atoms with Crippen LogP contribution in [0.2, 0.25) is 0 Å². The Labute approximate surface area is 87.2 Å². The first-order valence-corrected chi connectivity index (χ1v) is 6.10. The monoisotopic (exact) mass is 197 g/mol. The summed E-state index contributed by atoms with van der Waals surface area (Å²) in [5.74, 6) is 2.44. The van der Waals surface area contributed by atoms with E-state index in [0.29, 0.717) is 6.04 Å². The van der Waals surface area contributed by atoms with Crippen LogP contribution in [0, 0.1) is 17.8 Å². The summed E-state index contributed by atoms with van der Waals surface area (Å²) in [6.07, 6.45) is 6.48. The lowest BCUT2D eigenvalue weighted by molar-refractivity contribution is 0.0511. The van der Waals surface area contributed by atoms with Gasteiger partial charge in [-0.15, -0.1) is 0 Å². The van der Waals surface area contributed by atoms with Gasteiger partial charge in [-0.2, -0.15) is 0 Å². The molecule has 3 atom stereocenters. The average molecular weight is 197 g/mol. The van der Waals surface area contributed by atoms with Crippen molar-refractivity contribution in [2.75, 3.05) is 13.2 Å². The van der Waals surface area contributed by atoms with E-state index >= 15 is 0 Å². The zero-order valence-electron chi connectivity index (χ0n) is 9.24. The molecule has 1 heterocycles. The largest absolute Gasteiger partial charge is 0.381 e. The normalized spacial score (nSPS) is 37.3. The molecule has 1 saturated heterocycles. The lowest BCUT2D eigenvalue weighted by Gasteiger charge is -2.31. The highest BCUT2D eigenvalue weighted by atomic mass is 16.5. The maximum Gasteiger partial charge on any atom is 0.0469 e. The third-order valence-corrected chi connectivity index (χ3v) is 4.09. The molecule has 0 spiro atoms. The Balaban J connectivity index is 1.84. The van der Waals surface area contributed by atoms with Gasteiger partial charge in [0.15, 0.2) is 0 Å². The van der Waals surface area contributed by atoms with Crippen LogP contribution in [-0.4, -0.2) is 19.3 Å². The van der Waals surface area contributed by atoms with Crippen LogP contribution in [0.1, 0.15) is 39.0 Å². The fourth-order valence-corrected chi connectivity index (χ4v) is 3.09. The Morgan fingerprint density at radius 3 is 2.36 bits per heavy atom. The van der Waals surface area contributed by atoms with Gasteiger partial charge in [0.05, 0.1) is 0 Å². The van der Waals surface area contributed by atoms with Gasteiger partial charge >= 0.3 is 0 Å². The molecular formula is C12H23NO. The summed E-state index contributed by atoms with van der Waals surface area (Å²) in [5.41, 5.74) is 6.36. The summed E-state index contributed by atoms with van der Waals surface area (Å²) in [6, 6.07) is 0.448. The first kappa shape index (κ1) is 10.4. The SMILES string of the molecule is CC1CCC(C(N)C2CCOCC2)C1. The molecule has 3 unspecified atom stereocenters. The second-order valence-electron chi connectivity index (χ2n) is 5.21. The third-order valence-electron chi connectivity index (χ3n) is 4.09. The van der Waals surface area contributed by atoms with Gasteiger partial charge < -0.3 is 10.5 Å².